The van der Waals surface area contributed by atoms with Gasteiger partial charge in [0.05, 0.1) is 17.8 Å². The molecule has 12 heteroatoms. The van der Waals surface area contributed by atoms with Crippen molar-refractivity contribution in [3.63, 3.8) is 0 Å². The third-order valence-corrected chi connectivity index (χ3v) is 7.15. The molecule has 9 nitrogen and oxygen atoms in total. The summed E-state index contributed by atoms with van der Waals surface area (Å²) in [6.45, 7) is 0.599. The Morgan fingerprint density at radius 1 is 1.21 bits per heavy atom. The monoisotopic (exact) mass is 520 g/mol. The predicted octanol–water partition coefficient (Wildman–Crippen LogP) is 4.44. The normalized spacial score (nSPS) is 20.1. The summed E-state index contributed by atoms with van der Waals surface area (Å²) < 4.78 is 41.7. The van der Waals surface area contributed by atoms with E-state index in [9.17, 15) is 23.2 Å². The molecule has 1 aromatic carbocycles. The van der Waals surface area contributed by atoms with Crippen molar-refractivity contribution < 1.29 is 18.0 Å². The highest BCUT2D eigenvalue weighted by Gasteiger charge is 2.49. The Morgan fingerprint density at radius 3 is 2.71 bits per heavy atom. The summed E-state index contributed by atoms with van der Waals surface area (Å²) in [5.41, 5.74) is 2.38. The molecule has 1 amide bonds. The molecule has 2 aliphatic rings. The number of carbonyl (C=O) groups is 1. The number of halogens is 3. The summed E-state index contributed by atoms with van der Waals surface area (Å²) in [5, 5.41) is 16.9. The van der Waals surface area contributed by atoms with Crippen LogP contribution < -0.4 is 10.2 Å². The lowest BCUT2D eigenvalue weighted by atomic mass is 9.91. The van der Waals surface area contributed by atoms with Crippen molar-refractivity contribution in [3.8, 4) is 17.5 Å². The molecule has 2 N–H and O–H groups in total. The number of hydrogen-bond acceptors (Lipinski definition) is 6. The number of fused-ring (bicyclic) bond motifs is 1. The van der Waals surface area contributed by atoms with Crippen LogP contribution in [0.15, 0.2) is 55.1 Å². The molecule has 4 heterocycles. The Hall–Kier alpha value is -4.40. The minimum absolute atomic E-state index is 0.0219. The van der Waals surface area contributed by atoms with Crippen LogP contribution in [0.1, 0.15) is 35.8 Å². The lowest BCUT2D eigenvalue weighted by Gasteiger charge is -2.48. The van der Waals surface area contributed by atoms with E-state index in [1.165, 1.54) is 12.1 Å². The summed E-state index contributed by atoms with van der Waals surface area (Å²) in [4.78, 5) is 26.6. The third-order valence-electron chi connectivity index (χ3n) is 7.15. The predicted molar refractivity (Wildman–Crippen MR) is 132 cm³/mol. The maximum atomic E-state index is 13.3. The average Bonchev–Trinajstić information content (AvgIpc) is 3.41. The van der Waals surface area contributed by atoms with E-state index >= 15 is 0 Å². The van der Waals surface area contributed by atoms with Crippen LogP contribution in [0.25, 0.3) is 22.4 Å². The van der Waals surface area contributed by atoms with Gasteiger partial charge in [0.2, 0.25) is 0 Å². The molecule has 1 aliphatic heterocycles. The molecule has 3 aromatic heterocycles. The van der Waals surface area contributed by atoms with Crippen molar-refractivity contribution in [2.75, 3.05) is 11.4 Å². The number of nitrogens with zero attached hydrogens (tertiary/aromatic N) is 6. The second-order valence-corrected chi connectivity index (χ2v) is 9.75. The lowest BCUT2D eigenvalue weighted by Crippen LogP contribution is -2.52. The first-order valence-corrected chi connectivity index (χ1v) is 12.3. The smallest absolute Gasteiger partial charge is 0.349 e. The van der Waals surface area contributed by atoms with E-state index in [-0.39, 0.29) is 17.6 Å². The SMILES string of the molecule is N#CCC1CN(c2ccc(C(=O)N[C@@H](C3CC3)C(F)(F)F)cc2)C1n1cc(-c2ncc3cc[nH]c3n2)cn1. The number of H-pyrrole nitrogens is 1. The lowest BCUT2D eigenvalue weighted by molar-refractivity contribution is -0.158. The summed E-state index contributed by atoms with van der Waals surface area (Å²) in [7, 11) is 0. The number of benzene rings is 1. The molecule has 1 saturated heterocycles. The van der Waals surface area contributed by atoms with Crippen LogP contribution in [0, 0.1) is 23.2 Å². The Labute approximate surface area is 215 Å². The minimum Gasteiger partial charge on any atom is -0.349 e. The van der Waals surface area contributed by atoms with Crippen LogP contribution in [0.4, 0.5) is 18.9 Å². The van der Waals surface area contributed by atoms with E-state index in [0.717, 1.165) is 22.3 Å². The first-order chi connectivity index (χ1) is 18.3. The van der Waals surface area contributed by atoms with E-state index in [4.69, 9.17) is 0 Å². The van der Waals surface area contributed by atoms with Crippen LogP contribution in [-0.2, 0) is 0 Å². The standard InChI is InChI=1S/C26H23F3N8O/c27-26(28,29)21(15-1-2-15)34-24(38)16-3-5-20(6-4-16)36-13-18(7-9-30)25(36)37-14-19(12-33-37)23-32-11-17-8-10-31-22(17)35-23/h3-6,8,10-12,14-15,18,21,25H,1-2,7,13H2,(H,34,38)(H,31,32,35)/t18?,21-,25?/m0/s1. The van der Waals surface area contributed by atoms with Gasteiger partial charge >= 0.3 is 6.18 Å². The van der Waals surface area contributed by atoms with E-state index in [0.29, 0.717) is 31.6 Å². The Kier molecular flexibility index (Phi) is 5.78. The largest absolute Gasteiger partial charge is 0.408 e. The van der Waals surface area contributed by atoms with E-state index < -0.39 is 24.0 Å². The molecule has 4 aromatic rings. The van der Waals surface area contributed by atoms with Gasteiger partial charge in [-0.15, -0.1) is 0 Å². The zero-order valence-corrected chi connectivity index (χ0v) is 20.1. The van der Waals surface area contributed by atoms with Crippen LogP contribution in [0.5, 0.6) is 0 Å². The first kappa shape index (κ1) is 24.0. The van der Waals surface area contributed by atoms with Gasteiger partial charge in [-0.2, -0.15) is 23.5 Å². The van der Waals surface area contributed by atoms with Gasteiger partial charge < -0.3 is 15.2 Å². The maximum absolute atomic E-state index is 13.3. The molecular formula is C26H23F3N8O. The van der Waals surface area contributed by atoms with Crippen molar-refractivity contribution in [2.45, 2.75) is 37.6 Å². The molecule has 0 radical (unpaired) electrons. The molecule has 3 atom stereocenters. The molecule has 0 bridgehead atoms. The number of nitriles is 1. The van der Waals surface area contributed by atoms with Crippen LogP contribution in [0.2, 0.25) is 0 Å². The number of aromatic nitrogens is 5. The average molecular weight is 521 g/mol. The van der Waals surface area contributed by atoms with Gasteiger partial charge in [-0.05, 0) is 49.1 Å². The van der Waals surface area contributed by atoms with Crippen LogP contribution in [0.3, 0.4) is 0 Å². The molecule has 194 valence electrons. The number of aromatic amines is 1. The fraction of sp³-hybridized carbons (Fsp3) is 0.346. The Balaban J connectivity index is 1.20. The number of amides is 1. The van der Waals surface area contributed by atoms with Gasteiger partial charge in [0.25, 0.3) is 5.91 Å². The zero-order valence-electron chi connectivity index (χ0n) is 20.1. The van der Waals surface area contributed by atoms with E-state index in [2.05, 4.69) is 31.4 Å². The van der Waals surface area contributed by atoms with Gasteiger partial charge in [0.15, 0.2) is 5.82 Å². The summed E-state index contributed by atoms with van der Waals surface area (Å²) in [6, 6.07) is 8.74. The summed E-state index contributed by atoms with van der Waals surface area (Å²) in [6.07, 6.45) is 3.58. The van der Waals surface area contributed by atoms with Crippen molar-refractivity contribution in [1.82, 2.24) is 30.0 Å². The molecule has 2 fully saturated rings. The molecular weight excluding hydrogens is 497 g/mol. The molecule has 38 heavy (non-hydrogen) atoms. The molecule has 6 rings (SSSR count). The van der Waals surface area contributed by atoms with Gasteiger partial charge in [-0.3, -0.25) is 4.79 Å². The second-order valence-electron chi connectivity index (χ2n) is 9.75. The van der Waals surface area contributed by atoms with Gasteiger partial charge in [-0.25, -0.2) is 14.6 Å². The molecule has 1 aliphatic carbocycles. The van der Waals surface area contributed by atoms with Crippen LogP contribution in [-0.4, -0.2) is 49.4 Å². The molecule has 2 unspecified atom stereocenters. The Bertz CT molecular complexity index is 1520. The topological polar surface area (TPSA) is 116 Å². The highest BCUT2D eigenvalue weighted by atomic mass is 19.4. The molecule has 1 saturated carbocycles. The Morgan fingerprint density at radius 2 is 2.00 bits per heavy atom. The number of nitrogens with one attached hydrogen (secondary N) is 2. The highest BCUT2D eigenvalue weighted by Crippen LogP contribution is 2.42. The van der Waals surface area contributed by atoms with Crippen molar-refractivity contribution in [2.24, 2.45) is 11.8 Å². The quantitative estimate of drug-likeness (QED) is 0.372. The second kappa shape index (κ2) is 9.16. The fourth-order valence-corrected chi connectivity index (χ4v) is 4.98. The third kappa shape index (κ3) is 4.44. The summed E-state index contributed by atoms with van der Waals surface area (Å²) >= 11 is 0. The summed E-state index contributed by atoms with van der Waals surface area (Å²) in [5.74, 6) is -0.753. The van der Waals surface area contributed by atoms with Crippen molar-refractivity contribution >= 4 is 22.6 Å². The maximum Gasteiger partial charge on any atom is 0.408 e. The van der Waals surface area contributed by atoms with Gasteiger partial charge in [-0.1, -0.05) is 0 Å². The molecule has 0 spiro atoms. The highest BCUT2D eigenvalue weighted by molar-refractivity contribution is 5.94. The zero-order chi connectivity index (χ0) is 26.4. The number of hydrogen-bond donors (Lipinski definition) is 2. The van der Waals surface area contributed by atoms with Crippen molar-refractivity contribution in [1.29, 1.82) is 5.26 Å². The van der Waals surface area contributed by atoms with Crippen molar-refractivity contribution in [3.05, 3.63) is 60.7 Å². The van der Waals surface area contributed by atoms with Gasteiger partial charge in [0, 0.05) is 54.1 Å². The number of anilines is 1. The van der Waals surface area contributed by atoms with Crippen LogP contribution >= 0.6 is 0 Å². The number of carbonyl (C=O) groups excluding carboxylic acids is 1. The minimum atomic E-state index is -4.47. The number of alkyl halides is 3. The van der Waals surface area contributed by atoms with E-state index in [1.54, 1.807) is 35.4 Å². The first-order valence-electron chi connectivity index (χ1n) is 12.3. The van der Waals surface area contributed by atoms with Gasteiger partial charge in [0.1, 0.15) is 17.9 Å². The number of rotatable bonds is 7. The van der Waals surface area contributed by atoms with E-state index in [1.807, 2.05) is 17.2 Å². The fourth-order valence-electron chi connectivity index (χ4n) is 4.98.